The summed E-state index contributed by atoms with van der Waals surface area (Å²) in [6.07, 6.45) is 8.73. The number of carbonyl (C=O) groups excluding carboxylic acids is 1. The molecule has 0 spiro atoms. The molecule has 0 bridgehead atoms. The van der Waals surface area contributed by atoms with Crippen LogP contribution in [0.25, 0.3) is 0 Å². The molecular formula is C26H40O2Si. The van der Waals surface area contributed by atoms with E-state index in [2.05, 4.69) is 77.7 Å². The Hall–Kier alpha value is -1.19. The van der Waals surface area contributed by atoms with Gasteiger partial charge in [0, 0.05) is 12.3 Å². The molecule has 160 valence electrons. The van der Waals surface area contributed by atoms with Crippen LogP contribution in [0.5, 0.6) is 0 Å². The summed E-state index contributed by atoms with van der Waals surface area (Å²) in [6.45, 7) is 15.7. The van der Waals surface area contributed by atoms with Crippen LogP contribution < -0.4 is 0 Å². The second-order valence-electron chi connectivity index (χ2n) is 11.1. The predicted molar refractivity (Wildman–Crippen MR) is 125 cm³/mol. The number of Topliss-reactive ketones (excluding diaryl/α,β-unsaturated/α-hetero) is 1. The molecule has 3 atom stereocenters. The molecule has 0 radical (unpaired) electrons. The van der Waals surface area contributed by atoms with Gasteiger partial charge in [-0.15, -0.1) is 0 Å². The van der Waals surface area contributed by atoms with Gasteiger partial charge in [-0.1, -0.05) is 42.8 Å². The highest BCUT2D eigenvalue weighted by atomic mass is 28.4. The Balaban J connectivity index is 1.68. The normalized spacial score (nSPS) is 28.5. The lowest BCUT2D eigenvalue weighted by molar-refractivity contribution is -0.129. The van der Waals surface area contributed by atoms with Crippen molar-refractivity contribution >= 4 is 14.1 Å². The van der Waals surface area contributed by atoms with Gasteiger partial charge < -0.3 is 4.43 Å². The zero-order valence-corrected chi connectivity index (χ0v) is 20.6. The van der Waals surface area contributed by atoms with Crippen molar-refractivity contribution in [2.24, 2.45) is 17.3 Å². The van der Waals surface area contributed by atoms with E-state index in [-0.39, 0.29) is 11.0 Å². The largest absolute Gasteiger partial charge is 0.409 e. The van der Waals surface area contributed by atoms with Gasteiger partial charge in [-0.05, 0) is 95.0 Å². The summed E-state index contributed by atoms with van der Waals surface area (Å²) >= 11 is 0. The lowest BCUT2D eigenvalue weighted by Crippen LogP contribution is -2.37. The maximum atomic E-state index is 12.4. The van der Waals surface area contributed by atoms with E-state index in [0.29, 0.717) is 17.6 Å². The molecule has 3 rings (SSSR count). The summed E-state index contributed by atoms with van der Waals surface area (Å²) in [5.74, 6) is 1.39. The second kappa shape index (κ2) is 8.15. The van der Waals surface area contributed by atoms with Crippen molar-refractivity contribution in [3.05, 3.63) is 47.0 Å². The van der Waals surface area contributed by atoms with Gasteiger partial charge in [0.15, 0.2) is 8.32 Å². The summed E-state index contributed by atoms with van der Waals surface area (Å²) in [4.78, 5) is 12.4. The molecule has 0 aliphatic heterocycles. The van der Waals surface area contributed by atoms with Crippen molar-refractivity contribution in [2.75, 3.05) is 0 Å². The molecule has 0 N–H and O–H groups in total. The van der Waals surface area contributed by atoms with Gasteiger partial charge in [0.05, 0.1) is 5.60 Å². The SMILES string of the molecule is CC(=CCc1ccc(C(C)(C)O[Si](C)(C)C)cc1)[C@H]1CC[C@H]2C(=O)CCC[C@]12C. The van der Waals surface area contributed by atoms with Crippen LogP contribution in [0.4, 0.5) is 0 Å². The maximum Gasteiger partial charge on any atom is 0.184 e. The van der Waals surface area contributed by atoms with E-state index in [9.17, 15) is 4.79 Å². The Kier molecular flexibility index (Phi) is 6.32. The highest BCUT2D eigenvalue weighted by Gasteiger charge is 2.51. The van der Waals surface area contributed by atoms with Crippen molar-refractivity contribution < 1.29 is 9.22 Å². The molecule has 0 unspecified atom stereocenters. The Bertz CT molecular complexity index is 769. The summed E-state index contributed by atoms with van der Waals surface area (Å²) < 4.78 is 6.39. The maximum absolute atomic E-state index is 12.4. The van der Waals surface area contributed by atoms with E-state index in [1.165, 1.54) is 29.5 Å². The quantitative estimate of drug-likeness (QED) is 0.370. The third-order valence-corrected chi connectivity index (χ3v) is 8.41. The molecule has 2 aliphatic carbocycles. The van der Waals surface area contributed by atoms with Gasteiger partial charge in [-0.2, -0.15) is 0 Å². The van der Waals surface area contributed by atoms with Crippen molar-refractivity contribution in [2.45, 2.75) is 91.5 Å². The molecule has 0 amide bonds. The van der Waals surface area contributed by atoms with Gasteiger partial charge in [-0.25, -0.2) is 0 Å². The first-order valence-electron chi connectivity index (χ1n) is 11.4. The molecule has 2 nitrogen and oxygen atoms in total. The van der Waals surface area contributed by atoms with Crippen LogP contribution in [0, 0.1) is 17.3 Å². The fraction of sp³-hybridized carbons (Fsp3) is 0.654. The fourth-order valence-electron chi connectivity index (χ4n) is 5.97. The average molecular weight is 413 g/mol. The third-order valence-electron chi connectivity index (χ3n) is 7.28. The molecule has 1 aromatic carbocycles. The Morgan fingerprint density at radius 1 is 1.21 bits per heavy atom. The molecule has 0 saturated heterocycles. The fourth-order valence-corrected chi connectivity index (χ4v) is 7.61. The van der Waals surface area contributed by atoms with E-state index in [1.54, 1.807) is 0 Å². The summed E-state index contributed by atoms with van der Waals surface area (Å²) in [6, 6.07) is 8.95. The van der Waals surface area contributed by atoms with E-state index >= 15 is 0 Å². The zero-order chi connectivity index (χ0) is 21.4. The smallest absolute Gasteiger partial charge is 0.184 e. The number of hydrogen-bond acceptors (Lipinski definition) is 2. The minimum atomic E-state index is -1.59. The standard InChI is InChI=1S/C26H40O2Si/c1-19(22-16-17-23-24(27)9-8-18-26(22,23)4)10-11-20-12-14-21(15-13-20)25(2,3)28-29(5,6)7/h10,12-15,22-23H,8-9,11,16-18H2,1-7H3/t22-,23+,26-/m1/s1. The van der Waals surface area contributed by atoms with Gasteiger partial charge in [-0.3, -0.25) is 4.79 Å². The number of carbonyl (C=O) groups is 1. The lowest BCUT2D eigenvalue weighted by Gasteiger charge is -2.40. The molecule has 0 heterocycles. The number of hydrogen-bond donors (Lipinski definition) is 0. The summed E-state index contributed by atoms with van der Waals surface area (Å²) in [5.41, 5.74) is 4.02. The minimum Gasteiger partial charge on any atom is -0.409 e. The van der Waals surface area contributed by atoms with Crippen molar-refractivity contribution in [1.82, 2.24) is 0 Å². The van der Waals surface area contributed by atoms with Crippen LogP contribution in [0.1, 0.15) is 70.9 Å². The number of benzene rings is 1. The van der Waals surface area contributed by atoms with Crippen molar-refractivity contribution in [1.29, 1.82) is 0 Å². The molecule has 2 aliphatic rings. The monoisotopic (exact) mass is 412 g/mol. The first-order valence-corrected chi connectivity index (χ1v) is 14.8. The summed E-state index contributed by atoms with van der Waals surface area (Å²) in [7, 11) is -1.59. The molecule has 29 heavy (non-hydrogen) atoms. The zero-order valence-electron chi connectivity index (χ0n) is 19.6. The summed E-state index contributed by atoms with van der Waals surface area (Å²) in [5, 5.41) is 0. The van der Waals surface area contributed by atoms with Crippen LogP contribution in [0.2, 0.25) is 19.6 Å². The van der Waals surface area contributed by atoms with Crippen LogP contribution in [0.15, 0.2) is 35.9 Å². The topological polar surface area (TPSA) is 26.3 Å². The van der Waals surface area contributed by atoms with Crippen LogP contribution in [0.3, 0.4) is 0 Å². The molecule has 2 saturated carbocycles. The Morgan fingerprint density at radius 2 is 1.86 bits per heavy atom. The molecule has 3 heteroatoms. The number of rotatable bonds is 6. The average Bonchev–Trinajstić information content (AvgIpc) is 2.96. The van der Waals surface area contributed by atoms with E-state index in [0.717, 1.165) is 25.7 Å². The first kappa shape index (κ1) is 22.5. The molecular weight excluding hydrogens is 372 g/mol. The van der Waals surface area contributed by atoms with Crippen LogP contribution in [-0.4, -0.2) is 14.1 Å². The number of fused-ring (bicyclic) bond motifs is 1. The van der Waals surface area contributed by atoms with Gasteiger partial charge in [0.25, 0.3) is 0 Å². The van der Waals surface area contributed by atoms with E-state index in [1.807, 2.05) is 0 Å². The predicted octanol–water partition coefficient (Wildman–Crippen LogP) is 7.05. The lowest BCUT2D eigenvalue weighted by atomic mass is 9.63. The van der Waals surface area contributed by atoms with Gasteiger partial charge in [0.1, 0.15) is 5.78 Å². The first-order chi connectivity index (χ1) is 13.4. The van der Waals surface area contributed by atoms with Gasteiger partial charge in [0.2, 0.25) is 0 Å². The Labute approximate surface area is 179 Å². The molecule has 0 aromatic heterocycles. The van der Waals surface area contributed by atoms with Crippen LogP contribution >= 0.6 is 0 Å². The second-order valence-corrected chi connectivity index (χ2v) is 15.5. The van der Waals surface area contributed by atoms with Crippen LogP contribution in [-0.2, 0) is 21.2 Å². The number of allylic oxidation sites excluding steroid dienone is 2. The highest BCUT2D eigenvalue weighted by Crippen LogP contribution is 2.56. The molecule has 1 aromatic rings. The van der Waals surface area contributed by atoms with E-state index in [4.69, 9.17) is 4.43 Å². The Morgan fingerprint density at radius 3 is 2.48 bits per heavy atom. The highest BCUT2D eigenvalue weighted by molar-refractivity contribution is 6.69. The van der Waals surface area contributed by atoms with E-state index < -0.39 is 8.32 Å². The third kappa shape index (κ3) is 4.94. The van der Waals surface area contributed by atoms with Gasteiger partial charge >= 0.3 is 0 Å². The van der Waals surface area contributed by atoms with Crippen molar-refractivity contribution in [3.63, 3.8) is 0 Å². The van der Waals surface area contributed by atoms with Crippen molar-refractivity contribution in [3.8, 4) is 0 Å². The number of ketones is 1. The minimum absolute atomic E-state index is 0.192. The molecule has 2 fully saturated rings.